The zero-order valence-corrected chi connectivity index (χ0v) is 19.5. The number of nitrogens with zero attached hydrogens (tertiary/aromatic N) is 4. The first-order valence-electron chi connectivity index (χ1n) is 11.3. The van der Waals surface area contributed by atoms with Gasteiger partial charge in [0.05, 0.1) is 17.0 Å². The lowest BCUT2D eigenvalue weighted by Crippen LogP contribution is -1.98. The topological polar surface area (TPSA) is 93.9 Å². The lowest BCUT2D eigenvalue weighted by Gasteiger charge is -2.09. The summed E-state index contributed by atoms with van der Waals surface area (Å²) in [6, 6.07) is 22.1. The summed E-state index contributed by atoms with van der Waals surface area (Å²) >= 11 is 0. The lowest BCUT2D eigenvalue weighted by molar-refractivity contribution is 0.466. The first-order valence-corrected chi connectivity index (χ1v) is 11.3. The summed E-state index contributed by atoms with van der Waals surface area (Å²) in [5.74, 6) is 0.317. The highest BCUT2D eigenvalue weighted by molar-refractivity contribution is 5.98. The first kappa shape index (κ1) is 22.2. The standard InChI is InChI=1S/C29H17FN4O3/c1-17-11-26(35)37-25-13-22(9-10-23(17)25)36-29-27-24(19-7-5-18(14-31)6-8-19)15-34(28(27)32-16-33-29)21-4-2-3-20(30)12-21/h2-13,15-16H,1H3. The smallest absolute Gasteiger partial charge is 0.336 e. The van der Waals surface area contributed by atoms with Gasteiger partial charge < -0.3 is 13.7 Å². The summed E-state index contributed by atoms with van der Waals surface area (Å²) in [5.41, 5.74) is 3.92. The Morgan fingerprint density at radius 1 is 1.03 bits per heavy atom. The maximum atomic E-state index is 14.1. The van der Waals surface area contributed by atoms with E-state index in [0.29, 0.717) is 33.6 Å². The van der Waals surface area contributed by atoms with Gasteiger partial charge in [-0.15, -0.1) is 0 Å². The van der Waals surface area contributed by atoms with Crippen molar-refractivity contribution < 1.29 is 13.5 Å². The second-order valence-electron chi connectivity index (χ2n) is 8.47. The third kappa shape index (κ3) is 3.98. The molecule has 3 aromatic carbocycles. The fourth-order valence-electron chi connectivity index (χ4n) is 4.36. The van der Waals surface area contributed by atoms with Crippen molar-refractivity contribution in [3.8, 4) is 34.5 Å². The Kier molecular flexibility index (Phi) is 5.24. The summed E-state index contributed by atoms with van der Waals surface area (Å²) in [6.45, 7) is 1.84. The second-order valence-corrected chi connectivity index (χ2v) is 8.47. The van der Waals surface area contributed by atoms with Gasteiger partial charge in [0.25, 0.3) is 0 Å². The van der Waals surface area contributed by atoms with E-state index < -0.39 is 5.63 Å². The lowest BCUT2D eigenvalue weighted by atomic mass is 10.0. The van der Waals surface area contributed by atoms with Gasteiger partial charge in [0.15, 0.2) is 5.65 Å². The second kappa shape index (κ2) is 8.73. The van der Waals surface area contributed by atoms with E-state index in [1.54, 1.807) is 41.0 Å². The van der Waals surface area contributed by atoms with Gasteiger partial charge >= 0.3 is 5.63 Å². The van der Waals surface area contributed by atoms with Gasteiger partial charge in [0.2, 0.25) is 5.88 Å². The molecule has 3 aromatic heterocycles. The minimum absolute atomic E-state index is 0.272. The van der Waals surface area contributed by atoms with E-state index in [1.807, 2.05) is 31.3 Å². The van der Waals surface area contributed by atoms with E-state index in [9.17, 15) is 14.4 Å². The molecule has 0 saturated carbocycles. The molecule has 6 rings (SSSR count). The van der Waals surface area contributed by atoms with Crippen molar-refractivity contribution in [2.45, 2.75) is 6.92 Å². The molecule has 37 heavy (non-hydrogen) atoms. The fraction of sp³-hybridized carbons (Fsp3) is 0.0345. The zero-order valence-electron chi connectivity index (χ0n) is 19.5. The summed E-state index contributed by atoms with van der Waals surface area (Å²) in [4.78, 5) is 20.8. The minimum atomic E-state index is -0.443. The van der Waals surface area contributed by atoms with Crippen LogP contribution in [-0.2, 0) is 0 Å². The molecule has 0 fully saturated rings. The predicted molar refractivity (Wildman–Crippen MR) is 136 cm³/mol. The van der Waals surface area contributed by atoms with Gasteiger partial charge in [0, 0.05) is 35.0 Å². The molecule has 0 bridgehead atoms. The summed E-state index contributed by atoms with van der Waals surface area (Å²) in [7, 11) is 0. The van der Waals surface area contributed by atoms with Crippen LogP contribution in [0.15, 0.2) is 94.5 Å². The molecule has 178 valence electrons. The highest BCUT2D eigenvalue weighted by Gasteiger charge is 2.19. The molecule has 0 atom stereocenters. The molecule has 0 N–H and O–H groups in total. The molecule has 3 heterocycles. The highest BCUT2D eigenvalue weighted by Crippen LogP contribution is 2.38. The Balaban J connectivity index is 1.55. The molecule has 0 saturated heterocycles. The van der Waals surface area contributed by atoms with Crippen LogP contribution in [0.4, 0.5) is 4.39 Å². The normalized spacial score (nSPS) is 11.1. The highest BCUT2D eigenvalue weighted by atomic mass is 19.1. The van der Waals surface area contributed by atoms with Crippen molar-refractivity contribution in [2.75, 3.05) is 0 Å². The number of halogens is 1. The van der Waals surface area contributed by atoms with Crippen molar-refractivity contribution in [3.05, 3.63) is 113 Å². The van der Waals surface area contributed by atoms with Crippen molar-refractivity contribution in [1.29, 1.82) is 5.26 Å². The van der Waals surface area contributed by atoms with Crippen molar-refractivity contribution >= 4 is 22.0 Å². The molecule has 0 aliphatic rings. The SMILES string of the molecule is Cc1cc(=O)oc2cc(Oc3ncnc4c3c(-c3ccc(C#N)cc3)cn4-c3cccc(F)c3)ccc12. The van der Waals surface area contributed by atoms with Crippen LogP contribution in [0.25, 0.3) is 38.8 Å². The summed E-state index contributed by atoms with van der Waals surface area (Å²) in [6.07, 6.45) is 3.21. The van der Waals surface area contributed by atoms with E-state index in [1.165, 1.54) is 24.5 Å². The maximum absolute atomic E-state index is 14.1. The van der Waals surface area contributed by atoms with Crippen molar-refractivity contribution in [1.82, 2.24) is 14.5 Å². The Bertz CT molecular complexity index is 1920. The molecule has 0 aliphatic carbocycles. The number of fused-ring (bicyclic) bond motifs is 2. The van der Waals surface area contributed by atoms with Crippen LogP contribution in [0.3, 0.4) is 0 Å². The van der Waals surface area contributed by atoms with E-state index in [0.717, 1.165) is 22.1 Å². The average Bonchev–Trinajstić information content (AvgIpc) is 3.29. The Morgan fingerprint density at radius 3 is 2.65 bits per heavy atom. The number of aryl methyl sites for hydroxylation is 1. The number of hydrogen-bond donors (Lipinski definition) is 0. The maximum Gasteiger partial charge on any atom is 0.336 e. The molecular weight excluding hydrogens is 471 g/mol. The Morgan fingerprint density at radius 2 is 1.86 bits per heavy atom. The Labute approximate surface area is 209 Å². The predicted octanol–water partition coefficient (Wildman–Crippen LogP) is 6.31. The minimum Gasteiger partial charge on any atom is -0.438 e. The van der Waals surface area contributed by atoms with Crippen LogP contribution in [0.1, 0.15) is 11.1 Å². The molecule has 0 spiro atoms. The summed E-state index contributed by atoms with van der Waals surface area (Å²) in [5, 5.41) is 10.6. The van der Waals surface area contributed by atoms with Crippen LogP contribution in [0.2, 0.25) is 0 Å². The molecule has 7 nitrogen and oxygen atoms in total. The third-order valence-corrected chi connectivity index (χ3v) is 6.10. The van der Waals surface area contributed by atoms with Crippen LogP contribution in [-0.4, -0.2) is 14.5 Å². The van der Waals surface area contributed by atoms with E-state index in [2.05, 4.69) is 16.0 Å². The number of ether oxygens (including phenoxy) is 1. The van der Waals surface area contributed by atoms with E-state index in [-0.39, 0.29) is 11.7 Å². The molecule has 0 aliphatic heterocycles. The zero-order chi connectivity index (χ0) is 25.5. The van der Waals surface area contributed by atoms with Gasteiger partial charge in [-0.25, -0.2) is 19.2 Å². The van der Waals surface area contributed by atoms with Crippen LogP contribution >= 0.6 is 0 Å². The molecular formula is C29H17FN4O3. The number of hydrogen-bond acceptors (Lipinski definition) is 6. The van der Waals surface area contributed by atoms with Gasteiger partial charge in [0.1, 0.15) is 23.5 Å². The third-order valence-electron chi connectivity index (χ3n) is 6.10. The van der Waals surface area contributed by atoms with Gasteiger partial charge in [-0.3, -0.25) is 0 Å². The quantitative estimate of drug-likeness (QED) is 0.270. The average molecular weight is 488 g/mol. The fourth-order valence-corrected chi connectivity index (χ4v) is 4.36. The van der Waals surface area contributed by atoms with Gasteiger partial charge in [-0.1, -0.05) is 18.2 Å². The summed E-state index contributed by atoms with van der Waals surface area (Å²) < 4.78 is 27.4. The van der Waals surface area contributed by atoms with Crippen LogP contribution in [0, 0.1) is 24.1 Å². The number of aromatic nitrogens is 3. The number of benzene rings is 3. The molecule has 0 amide bonds. The van der Waals surface area contributed by atoms with Gasteiger partial charge in [-0.05, 0) is 60.5 Å². The molecule has 8 heteroatoms. The monoisotopic (exact) mass is 488 g/mol. The molecule has 0 radical (unpaired) electrons. The Hall–Kier alpha value is -5.29. The first-order chi connectivity index (χ1) is 18.0. The van der Waals surface area contributed by atoms with Crippen molar-refractivity contribution in [3.63, 3.8) is 0 Å². The molecule has 0 unspecified atom stereocenters. The molecule has 6 aromatic rings. The van der Waals surface area contributed by atoms with E-state index in [4.69, 9.17) is 9.15 Å². The van der Waals surface area contributed by atoms with Gasteiger partial charge in [-0.2, -0.15) is 5.26 Å². The van der Waals surface area contributed by atoms with E-state index >= 15 is 0 Å². The van der Waals surface area contributed by atoms with Crippen LogP contribution < -0.4 is 10.4 Å². The van der Waals surface area contributed by atoms with Crippen LogP contribution in [0.5, 0.6) is 11.6 Å². The number of nitriles is 1. The largest absolute Gasteiger partial charge is 0.438 e. The van der Waals surface area contributed by atoms with Crippen molar-refractivity contribution in [2.24, 2.45) is 0 Å². The number of rotatable bonds is 4.